The lowest BCUT2D eigenvalue weighted by molar-refractivity contribution is -0.140. The quantitative estimate of drug-likeness (QED) is 0.427. The van der Waals surface area contributed by atoms with Crippen LogP contribution in [0.25, 0.3) is 0 Å². The number of carbonyl (C=O) groups excluding carboxylic acids is 2. The van der Waals surface area contributed by atoms with Gasteiger partial charge in [-0.1, -0.05) is 29.3 Å². The number of amides is 2. The Bertz CT molecular complexity index is 1210. The summed E-state index contributed by atoms with van der Waals surface area (Å²) in [5.74, 6) is -3.03. The number of nitrogens with zero attached hydrogens (tertiary/aromatic N) is 2. The molecule has 0 spiro atoms. The second kappa shape index (κ2) is 12.7. The van der Waals surface area contributed by atoms with Crippen molar-refractivity contribution < 1.29 is 26.8 Å². The molecule has 1 atom stereocenters. The Hall–Kier alpha value is -2.43. The van der Waals surface area contributed by atoms with Crippen molar-refractivity contribution in [3.05, 3.63) is 63.6 Å². The molecule has 0 unspecified atom stereocenters. The van der Waals surface area contributed by atoms with Crippen LogP contribution in [0, 0.1) is 11.6 Å². The van der Waals surface area contributed by atoms with E-state index in [0.29, 0.717) is 15.6 Å². The van der Waals surface area contributed by atoms with Crippen LogP contribution in [0.2, 0.25) is 10.0 Å². The SMILES string of the molecule is CC(C)NC(=O)[C@@H](C)N(Cc1ccc(Cl)c(Cl)c1)C(=O)CCCN(c1ccc(F)c(F)c1)S(C)(=O)=O. The van der Waals surface area contributed by atoms with E-state index in [9.17, 15) is 26.8 Å². The lowest BCUT2D eigenvalue weighted by Gasteiger charge is -2.30. The van der Waals surface area contributed by atoms with Crippen LogP contribution in [0.15, 0.2) is 36.4 Å². The molecule has 0 heterocycles. The second-order valence-electron chi connectivity index (χ2n) is 8.65. The van der Waals surface area contributed by atoms with Gasteiger partial charge in [0.25, 0.3) is 0 Å². The van der Waals surface area contributed by atoms with E-state index in [2.05, 4.69) is 5.32 Å². The summed E-state index contributed by atoms with van der Waals surface area (Å²) in [5, 5.41) is 3.43. The van der Waals surface area contributed by atoms with E-state index in [0.717, 1.165) is 28.8 Å². The zero-order valence-electron chi connectivity index (χ0n) is 20.4. The molecule has 0 saturated heterocycles. The van der Waals surface area contributed by atoms with Gasteiger partial charge in [0, 0.05) is 31.6 Å². The number of hydrogen-bond acceptors (Lipinski definition) is 4. The third kappa shape index (κ3) is 8.31. The Kier molecular flexibility index (Phi) is 10.5. The summed E-state index contributed by atoms with van der Waals surface area (Å²) in [6.07, 6.45) is 0.905. The van der Waals surface area contributed by atoms with Gasteiger partial charge in [-0.2, -0.15) is 0 Å². The van der Waals surface area contributed by atoms with Gasteiger partial charge in [0.05, 0.1) is 22.0 Å². The van der Waals surface area contributed by atoms with Gasteiger partial charge in [-0.15, -0.1) is 0 Å². The molecule has 2 aromatic rings. The largest absolute Gasteiger partial charge is 0.352 e. The van der Waals surface area contributed by atoms with Gasteiger partial charge in [-0.3, -0.25) is 13.9 Å². The molecule has 1 N–H and O–H groups in total. The third-order valence-electron chi connectivity index (χ3n) is 5.28. The summed E-state index contributed by atoms with van der Waals surface area (Å²) in [7, 11) is -3.84. The van der Waals surface area contributed by atoms with E-state index in [1.807, 2.05) is 0 Å². The molecule has 0 bridgehead atoms. The number of benzene rings is 2. The van der Waals surface area contributed by atoms with Gasteiger partial charge in [-0.25, -0.2) is 17.2 Å². The molecule has 0 aromatic heterocycles. The number of rotatable bonds is 11. The van der Waals surface area contributed by atoms with Crippen molar-refractivity contribution in [2.45, 2.75) is 52.2 Å². The minimum Gasteiger partial charge on any atom is -0.352 e. The molecular formula is C24H29Cl2F2N3O4S. The van der Waals surface area contributed by atoms with E-state index in [4.69, 9.17) is 23.2 Å². The number of carbonyl (C=O) groups is 2. The summed E-state index contributed by atoms with van der Waals surface area (Å²) in [6.45, 7) is 5.11. The van der Waals surface area contributed by atoms with Gasteiger partial charge >= 0.3 is 0 Å². The van der Waals surface area contributed by atoms with Gasteiger partial charge in [0.1, 0.15) is 6.04 Å². The van der Waals surface area contributed by atoms with Crippen molar-refractivity contribution in [2.75, 3.05) is 17.1 Å². The van der Waals surface area contributed by atoms with Gasteiger partial charge in [0.15, 0.2) is 11.6 Å². The van der Waals surface area contributed by atoms with E-state index in [-0.39, 0.29) is 43.6 Å². The first-order valence-corrected chi connectivity index (χ1v) is 13.8. The number of hydrogen-bond donors (Lipinski definition) is 1. The van der Waals surface area contributed by atoms with Gasteiger partial charge in [-0.05, 0) is 57.0 Å². The molecule has 12 heteroatoms. The van der Waals surface area contributed by atoms with Crippen LogP contribution in [0.3, 0.4) is 0 Å². The Balaban J connectivity index is 2.21. The topological polar surface area (TPSA) is 86.8 Å². The molecule has 0 fully saturated rings. The first kappa shape index (κ1) is 29.8. The summed E-state index contributed by atoms with van der Waals surface area (Å²) in [5.41, 5.74) is 0.600. The van der Waals surface area contributed by atoms with Crippen LogP contribution in [-0.4, -0.2) is 50.0 Å². The molecule has 0 aliphatic rings. The maximum absolute atomic E-state index is 13.7. The Morgan fingerprint density at radius 2 is 1.67 bits per heavy atom. The number of halogens is 4. The molecule has 0 radical (unpaired) electrons. The van der Waals surface area contributed by atoms with Crippen LogP contribution < -0.4 is 9.62 Å². The molecule has 0 aliphatic heterocycles. The van der Waals surface area contributed by atoms with E-state index in [1.165, 1.54) is 4.90 Å². The average Bonchev–Trinajstić information content (AvgIpc) is 2.77. The molecule has 0 aliphatic carbocycles. The Labute approximate surface area is 220 Å². The second-order valence-corrected chi connectivity index (χ2v) is 11.4. The number of nitrogens with one attached hydrogen (secondary N) is 1. The smallest absolute Gasteiger partial charge is 0.242 e. The van der Waals surface area contributed by atoms with Crippen LogP contribution in [-0.2, 0) is 26.2 Å². The van der Waals surface area contributed by atoms with E-state index < -0.39 is 33.6 Å². The normalized spacial score (nSPS) is 12.4. The van der Waals surface area contributed by atoms with E-state index in [1.54, 1.807) is 39.0 Å². The third-order valence-corrected chi connectivity index (χ3v) is 7.21. The first-order valence-electron chi connectivity index (χ1n) is 11.2. The molecule has 198 valence electrons. The zero-order valence-corrected chi connectivity index (χ0v) is 22.7. The van der Waals surface area contributed by atoms with Crippen LogP contribution in [0.5, 0.6) is 0 Å². The maximum atomic E-state index is 13.7. The predicted molar refractivity (Wildman–Crippen MR) is 138 cm³/mol. The summed E-state index contributed by atoms with van der Waals surface area (Å²) in [6, 6.07) is 6.69. The fraction of sp³-hybridized carbons (Fsp3) is 0.417. The Morgan fingerprint density at radius 3 is 2.22 bits per heavy atom. The van der Waals surface area contributed by atoms with Crippen molar-refractivity contribution >= 4 is 50.7 Å². The maximum Gasteiger partial charge on any atom is 0.242 e. The van der Waals surface area contributed by atoms with E-state index >= 15 is 0 Å². The molecule has 2 amide bonds. The minimum atomic E-state index is -3.84. The highest BCUT2D eigenvalue weighted by molar-refractivity contribution is 7.92. The summed E-state index contributed by atoms with van der Waals surface area (Å²) >= 11 is 12.1. The van der Waals surface area contributed by atoms with Crippen molar-refractivity contribution in [1.82, 2.24) is 10.2 Å². The molecule has 2 aromatic carbocycles. The van der Waals surface area contributed by atoms with Gasteiger partial charge in [0.2, 0.25) is 21.8 Å². The van der Waals surface area contributed by atoms with Crippen molar-refractivity contribution in [3.63, 3.8) is 0 Å². The lowest BCUT2D eigenvalue weighted by atomic mass is 10.1. The summed E-state index contributed by atoms with van der Waals surface area (Å²) in [4.78, 5) is 27.2. The predicted octanol–water partition coefficient (Wildman–Crippen LogP) is 4.76. The highest BCUT2D eigenvalue weighted by atomic mass is 35.5. The van der Waals surface area contributed by atoms with Crippen molar-refractivity contribution in [2.24, 2.45) is 0 Å². The molecule has 36 heavy (non-hydrogen) atoms. The molecular weight excluding hydrogens is 535 g/mol. The van der Waals surface area contributed by atoms with Crippen LogP contribution >= 0.6 is 23.2 Å². The molecule has 2 rings (SSSR count). The van der Waals surface area contributed by atoms with Gasteiger partial charge < -0.3 is 10.2 Å². The fourth-order valence-electron chi connectivity index (χ4n) is 3.47. The number of sulfonamides is 1. The standard InChI is InChI=1S/C24H29Cl2F2N3O4S/c1-15(2)29-24(33)16(3)30(14-17-7-9-19(25)20(26)12-17)23(32)6-5-11-31(36(4,34)35)18-8-10-21(27)22(28)13-18/h7-10,12-13,15-16H,5-6,11,14H2,1-4H3,(H,29,33)/t16-/m1/s1. The van der Waals surface area contributed by atoms with Crippen LogP contribution in [0.4, 0.5) is 14.5 Å². The summed E-state index contributed by atoms with van der Waals surface area (Å²) < 4.78 is 52.5. The lowest BCUT2D eigenvalue weighted by Crippen LogP contribution is -2.49. The average molecular weight is 564 g/mol. The van der Waals surface area contributed by atoms with Crippen molar-refractivity contribution in [3.8, 4) is 0 Å². The Morgan fingerprint density at radius 1 is 1.00 bits per heavy atom. The highest BCUT2D eigenvalue weighted by Gasteiger charge is 2.27. The minimum absolute atomic E-state index is 0.0545. The van der Waals surface area contributed by atoms with Crippen molar-refractivity contribution in [1.29, 1.82) is 0 Å². The molecule has 7 nitrogen and oxygen atoms in total. The monoisotopic (exact) mass is 563 g/mol. The first-order chi connectivity index (χ1) is 16.7. The zero-order chi connectivity index (χ0) is 27.2. The van der Waals surface area contributed by atoms with Crippen LogP contribution in [0.1, 0.15) is 39.2 Å². The number of anilines is 1. The fourth-order valence-corrected chi connectivity index (χ4v) is 4.74. The molecule has 0 saturated carbocycles. The highest BCUT2D eigenvalue weighted by Crippen LogP contribution is 2.25.